The standard InChI is InChI=1S/C16H10N2O2S2/c19-12-7-9-3-1-2-4-13(9)21-14-8-10(5-6-11(12)14)15-16(20)18-22-17-15/h1-6,8H,7H2,(H,18,20). The number of hydrogen-bond donors (Lipinski definition) is 1. The van der Waals surface area contributed by atoms with E-state index in [0.29, 0.717) is 17.7 Å². The molecule has 0 atom stereocenters. The van der Waals surface area contributed by atoms with Crippen LogP contribution >= 0.6 is 23.5 Å². The van der Waals surface area contributed by atoms with Crippen LogP contribution in [0, 0.1) is 0 Å². The summed E-state index contributed by atoms with van der Waals surface area (Å²) >= 11 is 2.55. The van der Waals surface area contributed by atoms with Crippen LogP contribution in [0.15, 0.2) is 52.3 Å². The SMILES string of the molecule is O=C1Cc2ccccc2Sc2cc(-c3nsnc3O)ccc21. The molecule has 0 bridgehead atoms. The van der Waals surface area contributed by atoms with Gasteiger partial charge in [-0.25, -0.2) is 0 Å². The van der Waals surface area contributed by atoms with Crippen molar-refractivity contribution >= 4 is 29.3 Å². The topological polar surface area (TPSA) is 63.1 Å². The Morgan fingerprint density at radius 1 is 1.05 bits per heavy atom. The molecule has 108 valence electrons. The van der Waals surface area contributed by atoms with Crippen LogP contribution in [0.2, 0.25) is 0 Å². The van der Waals surface area contributed by atoms with E-state index in [0.717, 1.165) is 32.6 Å². The first-order chi connectivity index (χ1) is 10.7. The van der Waals surface area contributed by atoms with Crippen molar-refractivity contribution in [3.63, 3.8) is 0 Å². The Morgan fingerprint density at radius 3 is 2.73 bits per heavy atom. The quantitative estimate of drug-likeness (QED) is 0.737. The van der Waals surface area contributed by atoms with E-state index in [2.05, 4.69) is 8.75 Å². The van der Waals surface area contributed by atoms with Crippen molar-refractivity contribution in [2.24, 2.45) is 0 Å². The van der Waals surface area contributed by atoms with Crippen molar-refractivity contribution in [2.75, 3.05) is 0 Å². The fourth-order valence-corrected chi connectivity index (χ4v) is 4.09. The summed E-state index contributed by atoms with van der Waals surface area (Å²) in [6.45, 7) is 0. The molecular formula is C16H10N2O2S2. The van der Waals surface area contributed by atoms with Crippen molar-refractivity contribution in [1.29, 1.82) is 0 Å². The van der Waals surface area contributed by atoms with E-state index < -0.39 is 0 Å². The molecule has 1 aliphatic rings. The van der Waals surface area contributed by atoms with E-state index in [1.54, 1.807) is 11.8 Å². The van der Waals surface area contributed by atoms with Crippen LogP contribution in [0.5, 0.6) is 5.88 Å². The van der Waals surface area contributed by atoms with E-state index >= 15 is 0 Å². The van der Waals surface area contributed by atoms with Gasteiger partial charge in [0.2, 0.25) is 0 Å². The van der Waals surface area contributed by atoms with E-state index in [1.807, 2.05) is 42.5 Å². The number of benzene rings is 2. The van der Waals surface area contributed by atoms with Crippen LogP contribution in [0.1, 0.15) is 15.9 Å². The second-order valence-corrected chi connectivity index (χ2v) is 6.57. The highest BCUT2D eigenvalue weighted by Gasteiger charge is 2.21. The average molecular weight is 326 g/mol. The van der Waals surface area contributed by atoms with Crippen LogP contribution < -0.4 is 0 Å². The molecule has 0 radical (unpaired) electrons. The van der Waals surface area contributed by atoms with Gasteiger partial charge in [0.1, 0.15) is 5.69 Å². The molecular weight excluding hydrogens is 316 g/mol. The number of aromatic nitrogens is 2. The molecule has 0 unspecified atom stereocenters. The molecule has 1 aromatic heterocycles. The molecule has 1 aliphatic heterocycles. The summed E-state index contributed by atoms with van der Waals surface area (Å²) in [5.74, 6) is 0.0370. The number of carbonyl (C=O) groups is 1. The van der Waals surface area contributed by atoms with Gasteiger partial charge in [-0.3, -0.25) is 4.79 Å². The molecule has 0 amide bonds. The number of fused-ring (bicyclic) bond motifs is 2. The molecule has 3 aromatic rings. The van der Waals surface area contributed by atoms with Crippen LogP contribution in [0.4, 0.5) is 0 Å². The highest BCUT2D eigenvalue weighted by molar-refractivity contribution is 7.99. The lowest BCUT2D eigenvalue weighted by atomic mass is 10.0. The van der Waals surface area contributed by atoms with Gasteiger partial charge < -0.3 is 5.11 Å². The average Bonchev–Trinajstić information content (AvgIpc) is 2.89. The smallest absolute Gasteiger partial charge is 0.251 e. The second-order valence-electron chi connectivity index (χ2n) is 4.96. The van der Waals surface area contributed by atoms with Gasteiger partial charge >= 0.3 is 0 Å². The van der Waals surface area contributed by atoms with Gasteiger partial charge in [0.25, 0.3) is 5.88 Å². The molecule has 0 spiro atoms. The summed E-state index contributed by atoms with van der Waals surface area (Å²) in [5.41, 5.74) is 2.99. The fourth-order valence-electron chi connectivity index (χ4n) is 2.49. The lowest BCUT2D eigenvalue weighted by Crippen LogP contribution is -2.03. The summed E-state index contributed by atoms with van der Waals surface area (Å²) in [7, 11) is 0. The van der Waals surface area contributed by atoms with Gasteiger partial charge in [-0.2, -0.15) is 4.37 Å². The monoisotopic (exact) mass is 326 g/mol. The van der Waals surface area contributed by atoms with E-state index in [1.165, 1.54) is 0 Å². The normalized spacial score (nSPS) is 13.4. The largest absolute Gasteiger partial charge is 0.491 e. The van der Waals surface area contributed by atoms with Crippen molar-refractivity contribution in [1.82, 2.24) is 8.75 Å². The highest BCUT2D eigenvalue weighted by Crippen LogP contribution is 2.39. The third-order valence-electron chi connectivity index (χ3n) is 3.57. The number of Topliss-reactive ketones (excluding diaryl/α,β-unsaturated/α-hetero) is 1. The summed E-state index contributed by atoms with van der Waals surface area (Å²) in [6.07, 6.45) is 0.416. The van der Waals surface area contributed by atoms with Crippen LogP contribution in [-0.4, -0.2) is 19.6 Å². The maximum absolute atomic E-state index is 12.4. The van der Waals surface area contributed by atoms with Crippen LogP contribution in [0.25, 0.3) is 11.3 Å². The third kappa shape index (κ3) is 2.20. The number of nitrogens with zero attached hydrogens (tertiary/aromatic N) is 2. The molecule has 0 saturated heterocycles. The molecule has 2 aromatic carbocycles. The number of hydrogen-bond acceptors (Lipinski definition) is 6. The number of aromatic hydroxyl groups is 1. The summed E-state index contributed by atoms with van der Waals surface area (Å²) in [6, 6.07) is 13.5. The van der Waals surface area contributed by atoms with Crippen LogP contribution in [-0.2, 0) is 6.42 Å². The molecule has 0 saturated carbocycles. The summed E-state index contributed by atoms with van der Waals surface area (Å²) in [5, 5.41) is 9.74. The maximum atomic E-state index is 12.4. The van der Waals surface area contributed by atoms with Crippen molar-refractivity contribution < 1.29 is 9.90 Å². The highest BCUT2D eigenvalue weighted by atomic mass is 32.2. The minimum atomic E-state index is -0.0738. The Bertz CT molecular complexity index is 889. The molecule has 6 heteroatoms. The van der Waals surface area contributed by atoms with Crippen LogP contribution in [0.3, 0.4) is 0 Å². The lowest BCUT2D eigenvalue weighted by molar-refractivity contribution is 0.0990. The Balaban J connectivity index is 1.85. The van der Waals surface area contributed by atoms with Gasteiger partial charge in [0.05, 0.1) is 11.7 Å². The first kappa shape index (κ1) is 13.5. The zero-order valence-corrected chi connectivity index (χ0v) is 12.9. The molecule has 0 fully saturated rings. The Labute approximate surface area is 135 Å². The predicted molar refractivity (Wildman–Crippen MR) is 85.6 cm³/mol. The minimum Gasteiger partial charge on any atom is -0.491 e. The van der Waals surface area contributed by atoms with E-state index in [9.17, 15) is 9.90 Å². The van der Waals surface area contributed by atoms with Crippen molar-refractivity contribution in [3.8, 4) is 17.1 Å². The van der Waals surface area contributed by atoms with Gasteiger partial charge in [-0.05, 0) is 23.8 Å². The van der Waals surface area contributed by atoms with Gasteiger partial charge in [-0.15, -0.1) is 4.37 Å². The zero-order valence-electron chi connectivity index (χ0n) is 11.3. The molecule has 4 rings (SSSR count). The Kier molecular flexibility index (Phi) is 3.20. The predicted octanol–water partition coefficient (Wildman–Crippen LogP) is 3.80. The second kappa shape index (κ2) is 5.23. The lowest BCUT2D eigenvalue weighted by Gasteiger charge is -2.06. The fraction of sp³-hybridized carbons (Fsp3) is 0.0625. The molecule has 22 heavy (non-hydrogen) atoms. The number of rotatable bonds is 1. The summed E-state index contributed by atoms with van der Waals surface area (Å²) in [4.78, 5) is 14.4. The van der Waals surface area contributed by atoms with Gasteiger partial charge in [-0.1, -0.05) is 36.0 Å². The number of ketones is 1. The molecule has 0 aliphatic carbocycles. The first-order valence-electron chi connectivity index (χ1n) is 6.67. The Hall–Kier alpha value is -2.18. The van der Waals surface area contributed by atoms with Crippen molar-refractivity contribution in [3.05, 3.63) is 53.6 Å². The number of carbonyl (C=O) groups excluding carboxylic acids is 1. The Morgan fingerprint density at radius 2 is 1.91 bits per heavy atom. The van der Waals surface area contributed by atoms with Gasteiger partial charge in [0, 0.05) is 27.3 Å². The summed E-state index contributed by atoms with van der Waals surface area (Å²) < 4.78 is 7.89. The molecule has 1 N–H and O–H groups in total. The zero-order chi connectivity index (χ0) is 15.1. The third-order valence-corrected chi connectivity index (χ3v) is 5.26. The minimum absolute atomic E-state index is 0.0738. The molecule has 2 heterocycles. The maximum Gasteiger partial charge on any atom is 0.251 e. The van der Waals surface area contributed by atoms with E-state index in [4.69, 9.17) is 0 Å². The van der Waals surface area contributed by atoms with Crippen molar-refractivity contribution in [2.45, 2.75) is 16.2 Å². The molecule has 4 nitrogen and oxygen atoms in total. The van der Waals surface area contributed by atoms with Gasteiger partial charge in [0.15, 0.2) is 5.78 Å². The first-order valence-corrected chi connectivity index (χ1v) is 8.22. The van der Waals surface area contributed by atoms with E-state index in [-0.39, 0.29) is 11.7 Å².